The summed E-state index contributed by atoms with van der Waals surface area (Å²) in [4.78, 5) is 17.2. The number of rotatable bonds is 7. The number of nitrogens with zero attached hydrogens (tertiary/aromatic N) is 1. The fourth-order valence-corrected chi connectivity index (χ4v) is 4.91. The monoisotopic (exact) mass is 386 g/mol. The van der Waals surface area contributed by atoms with Crippen LogP contribution in [0, 0.1) is 6.92 Å². The van der Waals surface area contributed by atoms with Gasteiger partial charge >= 0.3 is 0 Å². The van der Waals surface area contributed by atoms with Crippen LogP contribution in [-0.2, 0) is 4.79 Å². The number of nitrogens with one attached hydrogen (secondary N) is 1. The van der Waals surface area contributed by atoms with Gasteiger partial charge in [0.1, 0.15) is 0 Å². The van der Waals surface area contributed by atoms with Gasteiger partial charge in [0.15, 0.2) is 0 Å². The maximum absolute atomic E-state index is 12.7. The van der Waals surface area contributed by atoms with Crippen molar-refractivity contribution in [3.63, 3.8) is 0 Å². The molecule has 26 heavy (non-hydrogen) atoms. The van der Waals surface area contributed by atoms with E-state index in [0.29, 0.717) is 6.42 Å². The van der Waals surface area contributed by atoms with Crippen LogP contribution in [0.5, 0.6) is 0 Å². The summed E-state index contributed by atoms with van der Waals surface area (Å²) >= 11 is 3.71. The van der Waals surface area contributed by atoms with Crippen LogP contribution in [0.4, 0.5) is 5.69 Å². The molecule has 0 aromatic heterocycles. The zero-order valence-corrected chi connectivity index (χ0v) is 16.9. The minimum atomic E-state index is 0.221. The molecule has 2 aromatic rings. The summed E-state index contributed by atoms with van der Waals surface area (Å²) in [5.41, 5.74) is 2.37. The molecular formula is C21H26N2OS2. The highest BCUT2D eigenvalue weighted by atomic mass is 32.2. The lowest BCUT2D eigenvalue weighted by molar-refractivity contribution is -0.118. The van der Waals surface area contributed by atoms with E-state index < -0.39 is 0 Å². The Morgan fingerprint density at radius 2 is 2.08 bits per heavy atom. The van der Waals surface area contributed by atoms with Crippen LogP contribution in [0.2, 0.25) is 0 Å². The Balaban J connectivity index is 1.40. The first-order valence-corrected chi connectivity index (χ1v) is 11.1. The van der Waals surface area contributed by atoms with Gasteiger partial charge in [-0.2, -0.15) is 0 Å². The van der Waals surface area contributed by atoms with Crippen molar-refractivity contribution in [3.8, 4) is 0 Å². The first kappa shape index (κ1) is 19.3. The van der Waals surface area contributed by atoms with Crippen molar-refractivity contribution in [2.45, 2.75) is 29.6 Å². The van der Waals surface area contributed by atoms with E-state index in [2.05, 4.69) is 48.6 Å². The van der Waals surface area contributed by atoms with Crippen LogP contribution < -0.4 is 10.2 Å². The van der Waals surface area contributed by atoms with Crippen molar-refractivity contribution < 1.29 is 4.79 Å². The summed E-state index contributed by atoms with van der Waals surface area (Å²) in [7, 11) is 0. The molecule has 0 saturated carbocycles. The fraction of sp³-hybridized carbons (Fsp3) is 0.381. The molecule has 0 saturated heterocycles. The summed E-state index contributed by atoms with van der Waals surface area (Å²) in [6, 6.07) is 16.8. The molecule has 3 rings (SSSR count). The topological polar surface area (TPSA) is 32.3 Å². The number of hydrogen-bond acceptors (Lipinski definition) is 4. The van der Waals surface area contributed by atoms with Gasteiger partial charge in [0.25, 0.3) is 0 Å². The molecule has 1 N–H and O–H groups in total. The normalized spacial score (nSPS) is 14.0. The molecule has 1 aliphatic rings. The summed E-state index contributed by atoms with van der Waals surface area (Å²) in [6.07, 6.45) is 1.60. The summed E-state index contributed by atoms with van der Waals surface area (Å²) in [6.45, 7) is 4.59. The second kappa shape index (κ2) is 10.0. The molecule has 1 amide bonds. The van der Waals surface area contributed by atoms with Gasteiger partial charge < -0.3 is 10.2 Å². The minimum absolute atomic E-state index is 0.221. The first-order chi connectivity index (χ1) is 12.7. The lowest BCUT2D eigenvalue weighted by atomic mass is 10.2. The third kappa shape index (κ3) is 5.53. The van der Waals surface area contributed by atoms with Crippen molar-refractivity contribution in [2.75, 3.05) is 36.0 Å². The molecular weight excluding hydrogens is 360 g/mol. The molecule has 0 atom stereocenters. The van der Waals surface area contributed by atoms with Gasteiger partial charge in [0.05, 0.1) is 5.69 Å². The Morgan fingerprint density at radius 3 is 2.96 bits per heavy atom. The van der Waals surface area contributed by atoms with E-state index in [0.717, 1.165) is 43.2 Å². The Morgan fingerprint density at radius 1 is 1.19 bits per heavy atom. The molecule has 5 heteroatoms. The summed E-state index contributed by atoms with van der Waals surface area (Å²) < 4.78 is 0. The quantitative estimate of drug-likeness (QED) is 0.557. The zero-order chi connectivity index (χ0) is 18.2. The number of carbonyl (C=O) groups is 1. The zero-order valence-electron chi connectivity index (χ0n) is 15.2. The first-order valence-electron chi connectivity index (χ1n) is 9.16. The van der Waals surface area contributed by atoms with E-state index in [1.165, 1.54) is 15.4 Å². The highest BCUT2D eigenvalue weighted by molar-refractivity contribution is 7.99. The number of carbonyl (C=O) groups excluding carboxylic acids is 1. The molecule has 0 aliphatic carbocycles. The van der Waals surface area contributed by atoms with E-state index in [9.17, 15) is 4.79 Å². The molecule has 1 aliphatic heterocycles. The number of para-hydroxylation sites is 1. The molecule has 2 aromatic carbocycles. The smallest absolute Gasteiger partial charge is 0.228 e. The molecule has 0 spiro atoms. The highest BCUT2D eigenvalue weighted by Gasteiger charge is 2.20. The van der Waals surface area contributed by atoms with Crippen LogP contribution in [0.15, 0.2) is 58.3 Å². The summed E-state index contributed by atoms with van der Waals surface area (Å²) in [5, 5.41) is 3.41. The molecule has 0 radical (unpaired) electrons. The van der Waals surface area contributed by atoms with Crippen LogP contribution in [-0.4, -0.2) is 37.0 Å². The van der Waals surface area contributed by atoms with E-state index in [4.69, 9.17) is 0 Å². The van der Waals surface area contributed by atoms with Crippen molar-refractivity contribution in [2.24, 2.45) is 0 Å². The lowest BCUT2D eigenvalue weighted by Gasteiger charge is -2.22. The van der Waals surface area contributed by atoms with Crippen LogP contribution in [0.25, 0.3) is 0 Å². The van der Waals surface area contributed by atoms with Gasteiger partial charge in [-0.15, -0.1) is 23.5 Å². The highest BCUT2D eigenvalue weighted by Crippen LogP contribution is 2.33. The van der Waals surface area contributed by atoms with Gasteiger partial charge in [-0.25, -0.2) is 0 Å². The number of amides is 1. The SMILES string of the molecule is Cc1cccc(SCCNCCC(=O)N2CCCSc3ccccc32)c1. The molecule has 0 fully saturated rings. The lowest BCUT2D eigenvalue weighted by Crippen LogP contribution is -2.34. The van der Waals surface area contributed by atoms with Gasteiger partial charge in [-0.1, -0.05) is 29.8 Å². The van der Waals surface area contributed by atoms with Gasteiger partial charge in [-0.05, 0) is 43.4 Å². The number of thioether (sulfide) groups is 2. The van der Waals surface area contributed by atoms with Gasteiger partial charge in [0.2, 0.25) is 5.91 Å². The van der Waals surface area contributed by atoms with Crippen LogP contribution in [0.1, 0.15) is 18.4 Å². The largest absolute Gasteiger partial charge is 0.315 e. The van der Waals surface area contributed by atoms with E-state index in [-0.39, 0.29) is 5.91 Å². The predicted octanol–water partition coefficient (Wildman–Crippen LogP) is 4.60. The predicted molar refractivity (Wildman–Crippen MR) is 114 cm³/mol. The van der Waals surface area contributed by atoms with Crippen molar-refractivity contribution in [1.82, 2.24) is 5.32 Å². The van der Waals surface area contributed by atoms with Crippen molar-refractivity contribution in [1.29, 1.82) is 0 Å². The molecule has 138 valence electrons. The van der Waals surface area contributed by atoms with Crippen molar-refractivity contribution >= 4 is 35.1 Å². The molecule has 3 nitrogen and oxygen atoms in total. The average molecular weight is 387 g/mol. The standard InChI is InChI=1S/C21H26N2OS2/c1-17-6-4-7-18(16-17)25-15-12-22-11-10-21(24)23-13-5-14-26-20-9-3-2-8-19(20)23/h2-4,6-9,16,22H,5,10-15H2,1H3. The number of benzene rings is 2. The van der Waals surface area contributed by atoms with Crippen LogP contribution in [0.3, 0.4) is 0 Å². The average Bonchev–Trinajstić information content (AvgIpc) is 2.87. The number of fused-ring (bicyclic) bond motifs is 1. The van der Waals surface area contributed by atoms with Crippen molar-refractivity contribution in [3.05, 3.63) is 54.1 Å². The number of anilines is 1. The molecule has 0 unspecified atom stereocenters. The number of hydrogen-bond donors (Lipinski definition) is 1. The second-order valence-electron chi connectivity index (χ2n) is 6.38. The summed E-state index contributed by atoms with van der Waals surface area (Å²) in [5.74, 6) is 2.31. The van der Waals surface area contributed by atoms with E-state index in [1.54, 1.807) is 0 Å². The van der Waals surface area contributed by atoms with Gasteiger partial charge in [-0.3, -0.25) is 4.79 Å². The Bertz CT molecular complexity index is 735. The Kier molecular flexibility index (Phi) is 7.47. The fourth-order valence-electron chi connectivity index (χ4n) is 2.99. The number of aryl methyl sites for hydroxylation is 1. The maximum Gasteiger partial charge on any atom is 0.228 e. The third-order valence-corrected chi connectivity index (χ3v) is 6.44. The Hall–Kier alpha value is -1.43. The Labute approximate surface area is 164 Å². The molecule has 1 heterocycles. The minimum Gasteiger partial charge on any atom is -0.315 e. The maximum atomic E-state index is 12.7. The van der Waals surface area contributed by atoms with Gasteiger partial charge in [0, 0.05) is 41.6 Å². The van der Waals surface area contributed by atoms with E-state index in [1.807, 2.05) is 40.6 Å². The second-order valence-corrected chi connectivity index (χ2v) is 8.69. The third-order valence-electron chi connectivity index (χ3n) is 4.29. The van der Waals surface area contributed by atoms with E-state index >= 15 is 0 Å². The van der Waals surface area contributed by atoms with Crippen LogP contribution >= 0.6 is 23.5 Å². The molecule has 0 bridgehead atoms.